The van der Waals surface area contributed by atoms with Crippen molar-refractivity contribution in [3.63, 3.8) is 0 Å². The lowest BCUT2D eigenvalue weighted by atomic mass is 10.2. The molecule has 7 heteroatoms. The van der Waals surface area contributed by atoms with Crippen LogP contribution < -0.4 is 0 Å². The fraction of sp³-hybridized carbons (Fsp3) is 0.0625. The molecular formula is C16H12ClNO4S. The Bertz CT molecular complexity index is 964. The summed E-state index contributed by atoms with van der Waals surface area (Å²) in [6.07, 6.45) is 0. The Labute approximate surface area is 138 Å². The molecule has 3 rings (SSSR count). The predicted octanol–water partition coefficient (Wildman–Crippen LogP) is 3.20. The maximum Gasteiger partial charge on any atom is 0.293 e. The van der Waals surface area contributed by atoms with Crippen LogP contribution in [0.4, 0.5) is 0 Å². The number of para-hydroxylation sites is 1. The predicted molar refractivity (Wildman–Crippen MR) is 86.8 cm³/mol. The van der Waals surface area contributed by atoms with E-state index in [1.54, 1.807) is 42.5 Å². The molecule has 3 aromatic rings. The minimum Gasteiger partial charge on any atom is -0.461 e. The van der Waals surface area contributed by atoms with Crippen molar-refractivity contribution in [1.29, 1.82) is 0 Å². The number of hydrogen-bond donors (Lipinski definition) is 0. The zero-order valence-electron chi connectivity index (χ0n) is 11.8. The molecule has 0 spiro atoms. The van der Waals surface area contributed by atoms with Gasteiger partial charge in [-0.05, 0) is 18.2 Å². The van der Waals surface area contributed by atoms with Crippen molar-refractivity contribution in [3.8, 4) is 0 Å². The lowest BCUT2D eigenvalue weighted by Gasteiger charge is -2.11. The molecule has 0 saturated heterocycles. The SMILES string of the molecule is O=COCc1c(Cl)c2ccccc2n1S(=O)(=O)c1ccccc1. The molecule has 0 radical (unpaired) electrons. The van der Waals surface area contributed by atoms with E-state index < -0.39 is 10.0 Å². The molecule has 0 N–H and O–H groups in total. The largest absolute Gasteiger partial charge is 0.461 e. The van der Waals surface area contributed by atoms with Gasteiger partial charge in [-0.1, -0.05) is 48.0 Å². The number of benzene rings is 2. The highest BCUT2D eigenvalue weighted by Crippen LogP contribution is 2.34. The van der Waals surface area contributed by atoms with Gasteiger partial charge < -0.3 is 4.74 Å². The lowest BCUT2D eigenvalue weighted by Crippen LogP contribution is -2.16. The van der Waals surface area contributed by atoms with Gasteiger partial charge in [0.25, 0.3) is 16.5 Å². The van der Waals surface area contributed by atoms with Gasteiger partial charge in [0.1, 0.15) is 6.61 Å². The minimum absolute atomic E-state index is 0.129. The third-order valence-electron chi connectivity index (χ3n) is 3.43. The topological polar surface area (TPSA) is 65.4 Å². The van der Waals surface area contributed by atoms with E-state index in [9.17, 15) is 13.2 Å². The molecule has 1 heterocycles. The summed E-state index contributed by atoms with van der Waals surface area (Å²) >= 11 is 6.31. The van der Waals surface area contributed by atoms with Crippen LogP contribution in [0.3, 0.4) is 0 Å². The molecule has 0 aliphatic heterocycles. The number of rotatable bonds is 5. The summed E-state index contributed by atoms with van der Waals surface area (Å²) in [4.78, 5) is 10.6. The zero-order chi connectivity index (χ0) is 16.4. The number of fused-ring (bicyclic) bond motifs is 1. The Morgan fingerprint density at radius 3 is 2.39 bits per heavy atom. The van der Waals surface area contributed by atoms with Gasteiger partial charge in [0, 0.05) is 5.39 Å². The molecule has 0 aliphatic carbocycles. The van der Waals surface area contributed by atoms with Crippen LogP contribution in [0.25, 0.3) is 10.9 Å². The molecule has 0 bridgehead atoms. The summed E-state index contributed by atoms with van der Waals surface area (Å²) < 4.78 is 31.9. The van der Waals surface area contributed by atoms with Crippen molar-refractivity contribution < 1.29 is 17.9 Å². The van der Waals surface area contributed by atoms with Crippen LogP contribution in [0.1, 0.15) is 5.69 Å². The molecule has 0 amide bonds. The second-order valence-corrected chi connectivity index (χ2v) is 6.93. The molecule has 0 atom stereocenters. The van der Waals surface area contributed by atoms with Crippen molar-refractivity contribution in [3.05, 3.63) is 65.3 Å². The van der Waals surface area contributed by atoms with E-state index in [-0.39, 0.29) is 28.7 Å². The smallest absolute Gasteiger partial charge is 0.293 e. The summed E-state index contributed by atoms with van der Waals surface area (Å²) in [7, 11) is -3.87. The van der Waals surface area contributed by atoms with Crippen LogP contribution in [-0.4, -0.2) is 18.9 Å². The Morgan fingerprint density at radius 1 is 1.04 bits per heavy atom. The average molecular weight is 350 g/mol. The minimum atomic E-state index is -3.87. The first-order valence-electron chi connectivity index (χ1n) is 6.71. The van der Waals surface area contributed by atoms with Crippen LogP contribution in [0.2, 0.25) is 5.02 Å². The van der Waals surface area contributed by atoms with Crippen molar-refractivity contribution in [2.75, 3.05) is 0 Å². The van der Waals surface area contributed by atoms with Gasteiger partial charge in [-0.25, -0.2) is 12.4 Å². The first-order chi connectivity index (χ1) is 11.1. The Kier molecular flexibility index (Phi) is 4.11. The second-order valence-electron chi connectivity index (χ2n) is 4.77. The molecular weight excluding hydrogens is 338 g/mol. The highest BCUT2D eigenvalue weighted by atomic mass is 35.5. The van der Waals surface area contributed by atoms with E-state index in [1.165, 1.54) is 12.1 Å². The first kappa shape index (κ1) is 15.6. The molecule has 0 fully saturated rings. The lowest BCUT2D eigenvalue weighted by molar-refractivity contribution is -0.129. The summed E-state index contributed by atoms with van der Waals surface area (Å²) in [6.45, 7) is 0.0244. The third kappa shape index (κ3) is 2.60. The van der Waals surface area contributed by atoms with Crippen molar-refractivity contribution in [2.24, 2.45) is 0 Å². The maximum absolute atomic E-state index is 13.0. The number of hydrogen-bond acceptors (Lipinski definition) is 4. The maximum atomic E-state index is 13.0. The van der Waals surface area contributed by atoms with Gasteiger partial charge in [-0.2, -0.15) is 0 Å². The first-order valence-corrected chi connectivity index (χ1v) is 8.53. The monoisotopic (exact) mass is 349 g/mol. The van der Waals surface area contributed by atoms with Gasteiger partial charge in [0.2, 0.25) is 0 Å². The van der Waals surface area contributed by atoms with Gasteiger partial charge in [0.05, 0.1) is 21.1 Å². The van der Waals surface area contributed by atoms with Gasteiger partial charge >= 0.3 is 0 Å². The highest BCUT2D eigenvalue weighted by molar-refractivity contribution is 7.90. The number of nitrogens with zero attached hydrogens (tertiary/aromatic N) is 1. The number of halogens is 1. The van der Waals surface area contributed by atoms with Crippen LogP contribution in [-0.2, 0) is 26.2 Å². The van der Waals surface area contributed by atoms with Gasteiger partial charge in [-0.15, -0.1) is 0 Å². The van der Waals surface area contributed by atoms with Crippen LogP contribution in [0.15, 0.2) is 59.5 Å². The summed E-state index contributed by atoms with van der Waals surface area (Å²) in [6, 6.07) is 14.9. The van der Waals surface area contributed by atoms with Crippen molar-refractivity contribution in [2.45, 2.75) is 11.5 Å². The Hall–Kier alpha value is -2.31. The van der Waals surface area contributed by atoms with E-state index in [1.807, 2.05) is 0 Å². The quantitative estimate of drug-likeness (QED) is 0.663. The van der Waals surface area contributed by atoms with Crippen molar-refractivity contribution >= 4 is 39.0 Å². The Balaban J connectivity index is 2.33. The zero-order valence-corrected chi connectivity index (χ0v) is 13.4. The third-order valence-corrected chi connectivity index (χ3v) is 5.61. The average Bonchev–Trinajstić information content (AvgIpc) is 2.87. The molecule has 2 aromatic carbocycles. The fourth-order valence-electron chi connectivity index (χ4n) is 2.43. The van der Waals surface area contributed by atoms with Crippen LogP contribution in [0.5, 0.6) is 0 Å². The van der Waals surface area contributed by atoms with Crippen LogP contribution >= 0.6 is 11.6 Å². The van der Waals surface area contributed by atoms with Gasteiger partial charge in [0.15, 0.2) is 0 Å². The molecule has 1 aromatic heterocycles. The summed E-state index contributed by atoms with van der Waals surface area (Å²) in [5.74, 6) is 0. The van der Waals surface area contributed by atoms with Crippen LogP contribution in [0, 0.1) is 0 Å². The molecule has 0 saturated carbocycles. The summed E-state index contributed by atoms with van der Waals surface area (Å²) in [5, 5.41) is 0.833. The second kappa shape index (κ2) is 6.06. The van der Waals surface area contributed by atoms with E-state index >= 15 is 0 Å². The normalized spacial score (nSPS) is 11.5. The molecule has 0 unspecified atom stereocenters. The molecule has 5 nitrogen and oxygen atoms in total. The number of carbonyl (C=O) groups is 1. The van der Waals surface area contributed by atoms with Gasteiger partial charge in [-0.3, -0.25) is 4.79 Å². The Morgan fingerprint density at radius 2 is 1.70 bits per heavy atom. The van der Waals surface area contributed by atoms with E-state index in [4.69, 9.17) is 16.3 Å². The van der Waals surface area contributed by atoms with E-state index in [0.29, 0.717) is 10.9 Å². The number of carbonyl (C=O) groups excluding carboxylic acids is 1. The highest BCUT2D eigenvalue weighted by Gasteiger charge is 2.26. The molecule has 23 heavy (non-hydrogen) atoms. The van der Waals surface area contributed by atoms with E-state index in [2.05, 4.69) is 0 Å². The summed E-state index contributed by atoms with van der Waals surface area (Å²) in [5.41, 5.74) is 0.648. The molecule has 0 aliphatic rings. The van der Waals surface area contributed by atoms with E-state index in [0.717, 1.165) is 3.97 Å². The molecule has 118 valence electrons. The fourth-order valence-corrected chi connectivity index (χ4v) is 4.35. The number of aromatic nitrogens is 1. The van der Waals surface area contributed by atoms with Crippen molar-refractivity contribution in [1.82, 2.24) is 3.97 Å². The number of ether oxygens (including phenoxy) is 1. The standard InChI is InChI=1S/C16H12ClNO4S/c17-16-13-8-4-5-9-14(13)18(15(16)10-22-11-19)23(20,21)12-6-2-1-3-7-12/h1-9,11H,10H2.